The maximum atomic E-state index is 6.52. The van der Waals surface area contributed by atoms with Crippen LogP contribution in [-0.4, -0.2) is 33.5 Å². The predicted molar refractivity (Wildman–Crippen MR) is 386 cm³/mol. The first-order valence-electron chi connectivity index (χ1n) is 32.5. The van der Waals surface area contributed by atoms with Crippen LogP contribution in [-0.2, 0) is 32.9 Å². The third kappa shape index (κ3) is 10.5. The van der Waals surface area contributed by atoms with Gasteiger partial charge < -0.3 is 23.4 Å². The van der Waals surface area contributed by atoms with Gasteiger partial charge in [-0.15, -0.1) is 83.9 Å². The summed E-state index contributed by atoms with van der Waals surface area (Å²) in [6, 6.07) is 98.8. The summed E-state index contributed by atoms with van der Waals surface area (Å²) in [5.41, 5.74) is 26.3. The van der Waals surface area contributed by atoms with Crippen LogP contribution in [0.5, 0.6) is 0 Å². The Hall–Kier alpha value is -11.3. The van der Waals surface area contributed by atoms with E-state index in [2.05, 4.69) is 240 Å². The van der Waals surface area contributed by atoms with Crippen molar-refractivity contribution in [1.29, 1.82) is 0 Å². The molecule has 10 heteroatoms. The Balaban J connectivity index is 0.000000149. The van der Waals surface area contributed by atoms with E-state index in [1.165, 1.54) is 33.5 Å². The van der Waals surface area contributed by atoms with E-state index in [0.29, 0.717) is 0 Å². The van der Waals surface area contributed by atoms with Crippen LogP contribution >= 0.6 is 0 Å². The standard InChI is InChI=1S/C43H29N5.C43H33N2O2.Ir/c1-3-12-31(13-4-1)41-32(16-11-27-45-41)24-22-30-23-25-39-40(28-30)48-42-36(33-14-9-15-34(29-33)37-20-7-8-26-44-37)19-10-21-38(42)46-43(48)47(39)35-17-5-2-6-18-35;1-25(2)34-22-28(27-20-21-31-29-12-5-9-18-38(29)46-40(31)24-27)23-35(26(3)4)41(34)45-37-17-8-7-16-36(37)44-43(45)33-15-11-14-32-30-13-6-10-19-39(30)47-42(32)33;/h1-12,14,16-21,23,25-29H,22,24H2;5-14,16-26H,1-4H3;/q-2;-1;+3. The first kappa shape index (κ1) is 59.7. The summed E-state index contributed by atoms with van der Waals surface area (Å²) < 4.78 is 19.8. The van der Waals surface area contributed by atoms with Crippen LogP contribution in [0.15, 0.2) is 276 Å². The fraction of sp³-hybridized carbons (Fsp3) is 0.0930. The number of aromatic nitrogens is 7. The zero-order valence-electron chi connectivity index (χ0n) is 53.3. The Labute approximate surface area is 569 Å². The summed E-state index contributed by atoms with van der Waals surface area (Å²) in [5, 5.41) is 4.44. The summed E-state index contributed by atoms with van der Waals surface area (Å²) in [6.45, 7) is 9.11. The van der Waals surface area contributed by atoms with Crippen molar-refractivity contribution < 1.29 is 28.9 Å². The SMILES string of the molecule is CC(C)c1cc(-c2ccc3c(c2)oc2ccccc23)cc(C(C)C)c1-n1c(-c2[c-]ccc3c2oc2ccccc23)nc2ccccc21.[Ir+3].[c-]1ccc(-c2cccc3nc4n(-c5ccccc5)c5ccc(CCc6cccnc6-c6[c-]cccc6)cc5n4c23)cc1-c1ccccn1. The third-order valence-corrected chi connectivity index (χ3v) is 18.5. The molecule has 18 rings (SSSR count). The molecule has 7 aromatic heterocycles. The maximum Gasteiger partial charge on any atom is 3.00 e. The molecule has 0 N–H and O–H groups in total. The quantitative estimate of drug-likeness (QED) is 0.113. The first-order chi connectivity index (χ1) is 46.8. The van der Waals surface area contributed by atoms with Gasteiger partial charge in [-0.1, -0.05) is 159 Å². The van der Waals surface area contributed by atoms with Crippen LogP contribution in [0.2, 0.25) is 0 Å². The van der Waals surface area contributed by atoms with Crippen molar-refractivity contribution in [2.24, 2.45) is 0 Å². The second-order valence-corrected chi connectivity index (χ2v) is 25.0. The molecule has 0 atom stereocenters. The van der Waals surface area contributed by atoms with Crippen LogP contribution in [0.1, 0.15) is 61.8 Å². The monoisotopic (exact) mass is 1420 g/mol. The van der Waals surface area contributed by atoms with Gasteiger partial charge in [0, 0.05) is 39.9 Å². The molecule has 96 heavy (non-hydrogen) atoms. The van der Waals surface area contributed by atoms with Crippen LogP contribution in [0.25, 0.3) is 150 Å². The molecular weight excluding hydrogens is 1360 g/mol. The van der Waals surface area contributed by atoms with Gasteiger partial charge in [-0.2, -0.15) is 0 Å². The van der Waals surface area contributed by atoms with Gasteiger partial charge in [-0.05, 0) is 160 Å². The summed E-state index contributed by atoms with van der Waals surface area (Å²) in [7, 11) is 0. The largest absolute Gasteiger partial charge is 3.00 e. The number of hydrogen-bond donors (Lipinski definition) is 0. The molecule has 0 saturated heterocycles. The smallest absolute Gasteiger partial charge is 0.501 e. The molecule has 0 fully saturated rings. The van der Waals surface area contributed by atoms with Crippen molar-refractivity contribution in [3.8, 4) is 67.5 Å². The Kier molecular flexibility index (Phi) is 15.5. The van der Waals surface area contributed by atoms with E-state index in [1.807, 2.05) is 91.3 Å². The molecule has 0 aliphatic heterocycles. The fourth-order valence-corrected chi connectivity index (χ4v) is 13.9. The van der Waals surface area contributed by atoms with Gasteiger partial charge in [0.15, 0.2) is 0 Å². The zero-order valence-corrected chi connectivity index (χ0v) is 55.6. The molecular formula is C86H62IrN7O2. The zero-order chi connectivity index (χ0) is 63.7. The number of benzene rings is 11. The van der Waals surface area contributed by atoms with Crippen LogP contribution in [0.3, 0.4) is 0 Å². The van der Waals surface area contributed by atoms with E-state index in [0.717, 1.165) is 152 Å². The average molecular weight is 1420 g/mol. The Morgan fingerprint density at radius 2 is 1.17 bits per heavy atom. The fourth-order valence-electron chi connectivity index (χ4n) is 13.9. The molecule has 9 nitrogen and oxygen atoms in total. The Morgan fingerprint density at radius 3 is 1.97 bits per heavy atom. The van der Waals surface area contributed by atoms with Crippen molar-refractivity contribution in [2.75, 3.05) is 0 Å². The molecule has 0 aliphatic carbocycles. The van der Waals surface area contributed by atoms with Crippen molar-refractivity contribution in [3.63, 3.8) is 0 Å². The molecule has 0 unspecified atom stereocenters. The van der Waals surface area contributed by atoms with E-state index in [4.69, 9.17) is 23.8 Å². The van der Waals surface area contributed by atoms with E-state index >= 15 is 0 Å². The minimum absolute atomic E-state index is 0. The Morgan fingerprint density at radius 1 is 0.448 bits per heavy atom. The van der Waals surface area contributed by atoms with Crippen LogP contribution in [0, 0.1) is 18.2 Å². The summed E-state index contributed by atoms with van der Waals surface area (Å²) in [5.74, 6) is 2.21. The van der Waals surface area contributed by atoms with Crippen molar-refractivity contribution in [1.82, 2.24) is 33.5 Å². The van der Waals surface area contributed by atoms with Crippen molar-refractivity contribution in [3.05, 3.63) is 308 Å². The molecule has 0 spiro atoms. The van der Waals surface area contributed by atoms with Gasteiger partial charge >= 0.3 is 20.1 Å². The molecule has 11 aromatic carbocycles. The molecule has 18 aromatic rings. The van der Waals surface area contributed by atoms with E-state index in [-0.39, 0.29) is 31.9 Å². The Bertz CT molecular complexity index is 5910. The number of furan rings is 2. The minimum atomic E-state index is 0. The number of imidazole rings is 3. The molecule has 0 radical (unpaired) electrons. The number of pyridine rings is 2. The third-order valence-electron chi connectivity index (χ3n) is 18.5. The van der Waals surface area contributed by atoms with E-state index in [1.54, 1.807) is 0 Å². The molecule has 0 aliphatic rings. The maximum absolute atomic E-state index is 6.52. The van der Waals surface area contributed by atoms with Gasteiger partial charge in [0.25, 0.3) is 0 Å². The minimum Gasteiger partial charge on any atom is -0.501 e. The number of hydrogen-bond acceptors (Lipinski definition) is 6. The number of nitrogens with zero attached hydrogens (tertiary/aromatic N) is 7. The average Bonchev–Trinajstić information content (AvgIpc) is 1.55. The molecule has 462 valence electrons. The van der Waals surface area contributed by atoms with Gasteiger partial charge in [-0.25, -0.2) is 4.98 Å². The number of aryl methyl sites for hydroxylation is 2. The topological polar surface area (TPSA) is 92.1 Å². The van der Waals surface area contributed by atoms with Gasteiger partial charge in [0.1, 0.15) is 16.7 Å². The van der Waals surface area contributed by atoms with Gasteiger partial charge in [-0.3, -0.25) is 14.0 Å². The summed E-state index contributed by atoms with van der Waals surface area (Å²) >= 11 is 0. The number of fused-ring (bicyclic) bond motifs is 12. The van der Waals surface area contributed by atoms with E-state index in [9.17, 15) is 0 Å². The normalized spacial score (nSPS) is 11.7. The molecule has 0 bridgehead atoms. The molecule has 7 heterocycles. The molecule has 0 amide bonds. The first-order valence-corrected chi connectivity index (χ1v) is 32.5. The summed E-state index contributed by atoms with van der Waals surface area (Å²) in [6.07, 6.45) is 5.43. The van der Waals surface area contributed by atoms with Crippen LogP contribution < -0.4 is 0 Å². The van der Waals surface area contributed by atoms with Crippen LogP contribution in [0.4, 0.5) is 0 Å². The second-order valence-electron chi connectivity index (χ2n) is 25.0. The van der Waals surface area contributed by atoms with E-state index < -0.39 is 0 Å². The number of para-hydroxylation sites is 6. The molecule has 0 saturated carbocycles. The predicted octanol–water partition coefficient (Wildman–Crippen LogP) is 21.8. The van der Waals surface area contributed by atoms with Crippen molar-refractivity contribution in [2.45, 2.75) is 52.4 Å². The van der Waals surface area contributed by atoms with Gasteiger partial charge in [0.2, 0.25) is 5.78 Å². The summed E-state index contributed by atoms with van der Waals surface area (Å²) in [4.78, 5) is 19.8. The van der Waals surface area contributed by atoms with Gasteiger partial charge in [0.05, 0.1) is 44.5 Å². The second kappa shape index (κ2) is 24.9. The van der Waals surface area contributed by atoms with Crippen molar-refractivity contribution >= 4 is 82.8 Å². The number of rotatable bonds is 12.